The summed E-state index contributed by atoms with van der Waals surface area (Å²) in [6.07, 6.45) is 2.33. The molecule has 0 fully saturated rings. The van der Waals surface area contributed by atoms with E-state index in [1.54, 1.807) is 0 Å². The standard InChI is InChI=1S/C8H18O2.C6H10O4/c1-8(2,3)6-4-5-7(9)10;7-5(8)3-1-2-4-6(9)10/h7,9-10H,4-6H2,1-3H3;1-4H2,(H,7,8)(H,9,10). The average Bonchev–Trinajstić information content (AvgIpc) is 2.22. The van der Waals surface area contributed by atoms with E-state index in [1.807, 2.05) is 0 Å². The van der Waals surface area contributed by atoms with Crippen molar-refractivity contribution in [2.24, 2.45) is 5.41 Å². The van der Waals surface area contributed by atoms with E-state index in [0.717, 1.165) is 12.8 Å². The molecule has 0 unspecified atom stereocenters. The second-order valence-corrected chi connectivity index (χ2v) is 5.93. The van der Waals surface area contributed by atoms with Gasteiger partial charge in [0, 0.05) is 12.8 Å². The lowest BCUT2D eigenvalue weighted by Crippen LogP contribution is -2.08. The Bertz CT molecular complexity index is 251. The predicted octanol–water partition coefficient (Wildman–Crippen LogP) is 2.23. The highest BCUT2D eigenvalue weighted by atomic mass is 16.5. The van der Waals surface area contributed by atoms with Gasteiger partial charge in [-0.15, -0.1) is 0 Å². The average molecular weight is 292 g/mol. The monoisotopic (exact) mass is 292 g/mol. The lowest BCUT2D eigenvalue weighted by molar-refractivity contribution is -0.139. The molecule has 6 heteroatoms. The van der Waals surface area contributed by atoms with Crippen LogP contribution < -0.4 is 0 Å². The molecule has 0 bridgehead atoms. The minimum Gasteiger partial charge on any atom is -0.481 e. The molecule has 20 heavy (non-hydrogen) atoms. The fourth-order valence-corrected chi connectivity index (χ4v) is 1.37. The summed E-state index contributed by atoms with van der Waals surface area (Å²) in [7, 11) is 0. The number of carbonyl (C=O) groups is 2. The number of carboxylic acid groups (broad SMARTS) is 2. The molecule has 0 aromatic heterocycles. The smallest absolute Gasteiger partial charge is 0.303 e. The van der Waals surface area contributed by atoms with Gasteiger partial charge in [-0.05, 0) is 37.5 Å². The topological polar surface area (TPSA) is 115 Å². The molecule has 0 saturated heterocycles. The quantitative estimate of drug-likeness (QED) is 0.403. The second-order valence-electron chi connectivity index (χ2n) is 5.93. The van der Waals surface area contributed by atoms with Crippen LogP contribution in [0.4, 0.5) is 0 Å². The summed E-state index contributed by atoms with van der Waals surface area (Å²) in [5.74, 6) is -1.74. The summed E-state index contributed by atoms with van der Waals surface area (Å²) in [4.78, 5) is 19.8. The van der Waals surface area contributed by atoms with E-state index < -0.39 is 18.2 Å². The van der Waals surface area contributed by atoms with Crippen molar-refractivity contribution in [1.29, 1.82) is 0 Å². The molecule has 4 N–H and O–H groups in total. The van der Waals surface area contributed by atoms with Crippen molar-refractivity contribution in [2.45, 2.75) is 72.0 Å². The highest BCUT2D eigenvalue weighted by Gasteiger charge is 2.09. The van der Waals surface area contributed by atoms with Crippen LogP contribution in [0.3, 0.4) is 0 Å². The van der Waals surface area contributed by atoms with E-state index in [1.165, 1.54) is 0 Å². The summed E-state index contributed by atoms with van der Waals surface area (Å²) >= 11 is 0. The highest BCUT2D eigenvalue weighted by molar-refractivity contribution is 5.67. The maximum absolute atomic E-state index is 9.90. The minimum atomic E-state index is -1.12. The SMILES string of the molecule is CC(C)(C)CCCC(O)O.O=C(O)CCCCC(=O)O. The van der Waals surface area contributed by atoms with Crippen LogP contribution in [0.2, 0.25) is 0 Å². The van der Waals surface area contributed by atoms with Gasteiger partial charge in [0.15, 0.2) is 6.29 Å². The van der Waals surface area contributed by atoms with Crippen LogP contribution in [0.15, 0.2) is 0 Å². The first-order valence-corrected chi connectivity index (χ1v) is 6.84. The van der Waals surface area contributed by atoms with Gasteiger partial charge in [-0.1, -0.05) is 20.8 Å². The van der Waals surface area contributed by atoms with Gasteiger partial charge in [-0.25, -0.2) is 0 Å². The third-order valence-corrected chi connectivity index (χ3v) is 2.42. The van der Waals surface area contributed by atoms with E-state index in [9.17, 15) is 9.59 Å². The molecular formula is C14H28O6. The summed E-state index contributed by atoms with van der Waals surface area (Å²) < 4.78 is 0. The number of hydrogen-bond acceptors (Lipinski definition) is 4. The van der Waals surface area contributed by atoms with Gasteiger partial charge in [0.05, 0.1) is 0 Å². The van der Waals surface area contributed by atoms with E-state index in [2.05, 4.69) is 20.8 Å². The molecule has 120 valence electrons. The van der Waals surface area contributed by atoms with E-state index >= 15 is 0 Å². The van der Waals surface area contributed by atoms with Crippen molar-refractivity contribution < 1.29 is 30.0 Å². The van der Waals surface area contributed by atoms with E-state index in [4.69, 9.17) is 20.4 Å². The minimum absolute atomic E-state index is 0.0628. The third-order valence-electron chi connectivity index (χ3n) is 2.42. The fraction of sp³-hybridized carbons (Fsp3) is 0.857. The van der Waals surface area contributed by atoms with Gasteiger partial charge in [0.2, 0.25) is 0 Å². The van der Waals surface area contributed by atoms with Crippen LogP contribution in [0.1, 0.15) is 65.7 Å². The van der Waals surface area contributed by atoms with Gasteiger partial charge >= 0.3 is 11.9 Å². The molecule has 0 aromatic carbocycles. The zero-order chi connectivity index (χ0) is 16.2. The molecule has 0 aliphatic carbocycles. The molecular weight excluding hydrogens is 264 g/mol. The molecule has 0 spiro atoms. The number of unbranched alkanes of at least 4 members (excludes halogenated alkanes) is 1. The Labute approximate surface area is 120 Å². The number of hydrogen-bond donors (Lipinski definition) is 4. The lowest BCUT2D eigenvalue weighted by Gasteiger charge is -2.17. The molecule has 0 saturated carbocycles. The van der Waals surface area contributed by atoms with Crippen molar-refractivity contribution in [2.75, 3.05) is 0 Å². The van der Waals surface area contributed by atoms with Gasteiger partial charge in [-0.2, -0.15) is 0 Å². The zero-order valence-corrected chi connectivity index (χ0v) is 12.6. The molecule has 0 rings (SSSR count). The van der Waals surface area contributed by atoms with Crippen molar-refractivity contribution in [3.05, 3.63) is 0 Å². The Morgan fingerprint density at radius 3 is 1.55 bits per heavy atom. The number of rotatable bonds is 8. The first-order chi connectivity index (χ1) is 9.04. The normalized spacial score (nSPS) is 10.9. The molecule has 0 aromatic rings. The van der Waals surface area contributed by atoms with Crippen molar-refractivity contribution in [3.63, 3.8) is 0 Å². The van der Waals surface area contributed by atoms with Crippen LogP contribution in [-0.2, 0) is 9.59 Å². The zero-order valence-electron chi connectivity index (χ0n) is 12.6. The first-order valence-electron chi connectivity index (χ1n) is 6.84. The largest absolute Gasteiger partial charge is 0.481 e. The maximum atomic E-state index is 9.90. The van der Waals surface area contributed by atoms with Crippen LogP contribution in [0.5, 0.6) is 0 Å². The van der Waals surface area contributed by atoms with Crippen LogP contribution >= 0.6 is 0 Å². The van der Waals surface area contributed by atoms with Crippen molar-refractivity contribution in [1.82, 2.24) is 0 Å². The molecule has 0 heterocycles. The molecule has 6 nitrogen and oxygen atoms in total. The molecule has 0 aliphatic rings. The Morgan fingerprint density at radius 2 is 1.30 bits per heavy atom. The summed E-state index contributed by atoms with van der Waals surface area (Å²) in [6, 6.07) is 0. The van der Waals surface area contributed by atoms with Crippen molar-refractivity contribution in [3.8, 4) is 0 Å². The fourth-order valence-electron chi connectivity index (χ4n) is 1.37. The van der Waals surface area contributed by atoms with Crippen LogP contribution in [-0.4, -0.2) is 38.7 Å². The lowest BCUT2D eigenvalue weighted by atomic mass is 9.90. The van der Waals surface area contributed by atoms with Crippen molar-refractivity contribution >= 4 is 11.9 Å². The van der Waals surface area contributed by atoms with E-state index in [-0.39, 0.29) is 12.8 Å². The van der Waals surface area contributed by atoms with Gasteiger partial charge in [-0.3, -0.25) is 9.59 Å². The van der Waals surface area contributed by atoms with Gasteiger partial charge in [0.1, 0.15) is 0 Å². The van der Waals surface area contributed by atoms with Crippen LogP contribution in [0, 0.1) is 5.41 Å². The first kappa shape index (κ1) is 21.2. The molecule has 0 aliphatic heterocycles. The molecule has 0 atom stereocenters. The van der Waals surface area contributed by atoms with Crippen LogP contribution in [0.25, 0.3) is 0 Å². The third kappa shape index (κ3) is 25.6. The second kappa shape index (κ2) is 11.7. The predicted molar refractivity (Wildman–Crippen MR) is 75.3 cm³/mol. The number of aliphatic carboxylic acids is 2. The molecule has 0 radical (unpaired) electrons. The Balaban J connectivity index is 0. The summed E-state index contributed by atoms with van der Waals surface area (Å²) in [5.41, 5.74) is 0.314. The summed E-state index contributed by atoms with van der Waals surface area (Å²) in [6.45, 7) is 6.45. The number of aliphatic hydroxyl groups is 2. The highest BCUT2D eigenvalue weighted by Crippen LogP contribution is 2.21. The number of aliphatic hydroxyl groups excluding tert-OH is 1. The Kier molecular flexibility index (Phi) is 12.3. The summed E-state index contributed by atoms with van der Waals surface area (Å²) in [5, 5.41) is 33.3. The van der Waals surface area contributed by atoms with Gasteiger partial charge in [0.25, 0.3) is 0 Å². The van der Waals surface area contributed by atoms with E-state index in [0.29, 0.717) is 24.7 Å². The Morgan fingerprint density at radius 1 is 0.900 bits per heavy atom. The maximum Gasteiger partial charge on any atom is 0.303 e. The Hall–Kier alpha value is -1.14. The van der Waals surface area contributed by atoms with Gasteiger partial charge < -0.3 is 20.4 Å². The number of carboxylic acids is 2. The molecule has 0 amide bonds.